The number of carbonyl (C=O) groups excluding carboxylic acids is 2. The average Bonchev–Trinajstić information content (AvgIpc) is 3.39. The van der Waals surface area contributed by atoms with Crippen molar-refractivity contribution in [2.24, 2.45) is 0 Å². The van der Waals surface area contributed by atoms with E-state index in [2.05, 4.69) is 15.6 Å². The highest BCUT2D eigenvalue weighted by Gasteiger charge is 2.14. The molecule has 3 rings (SSSR count). The molecule has 0 saturated carbocycles. The molecule has 3 aromatic rings. The SMILES string of the molecule is O=C(NCCCn1ccnc1)/C(=C\c1ccco1)NC(=O)c1ccccc1. The first-order chi connectivity index (χ1) is 13.2. The van der Waals surface area contributed by atoms with Crippen molar-refractivity contribution in [3.63, 3.8) is 0 Å². The van der Waals surface area contributed by atoms with Crippen molar-refractivity contribution < 1.29 is 14.0 Å². The summed E-state index contributed by atoms with van der Waals surface area (Å²) in [6, 6.07) is 12.1. The number of carbonyl (C=O) groups is 2. The molecular formula is C20H20N4O3. The van der Waals surface area contributed by atoms with Crippen LogP contribution >= 0.6 is 0 Å². The molecule has 1 aromatic carbocycles. The minimum atomic E-state index is -0.374. The third-order valence-corrected chi connectivity index (χ3v) is 3.80. The Labute approximate surface area is 156 Å². The zero-order valence-corrected chi connectivity index (χ0v) is 14.7. The van der Waals surface area contributed by atoms with Gasteiger partial charge in [-0.15, -0.1) is 0 Å². The highest BCUT2D eigenvalue weighted by molar-refractivity contribution is 6.05. The largest absolute Gasteiger partial charge is 0.465 e. The number of rotatable bonds is 8. The quantitative estimate of drug-likeness (QED) is 0.475. The lowest BCUT2D eigenvalue weighted by molar-refractivity contribution is -0.117. The van der Waals surface area contributed by atoms with Crippen LogP contribution in [0.15, 0.2) is 77.6 Å². The van der Waals surface area contributed by atoms with Crippen LogP contribution in [0, 0.1) is 0 Å². The van der Waals surface area contributed by atoms with Gasteiger partial charge in [-0.25, -0.2) is 4.98 Å². The summed E-state index contributed by atoms with van der Waals surface area (Å²) in [5, 5.41) is 5.48. The monoisotopic (exact) mass is 364 g/mol. The predicted molar refractivity (Wildman–Crippen MR) is 100 cm³/mol. The van der Waals surface area contributed by atoms with E-state index in [0.717, 1.165) is 13.0 Å². The summed E-state index contributed by atoms with van der Waals surface area (Å²) < 4.78 is 7.19. The van der Waals surface area contributed by atoms with E-state index in [1.807, 2.05) is 16.8 Å². The van der Waals surface area contributed by atoms with Crippen molar-refractivity contribution >= 4 is 17.9 Å². The molecule has 0 spiro atoms. The van der Waals surface area contributed by atoms with Crippen molar-refractivity contribution in [2.45, 2.75) is 13.0 Å². The third-order valence-electron chi connectivity index (χ3n) is 3.80. The van der Waals surface area contributed by atoms with Gasteiger partial charge in [0.1, 0.15) is 11.5 Å². The molecule has 2 aromatic heterocycles. The maximum absolute atomic E-state index is 12.5. The molecule has 2 amide bonds. The molecule has 0 aliphatic heterocycles. The number of hydrogen-bond donors (Lipinski definition) is 2. The van der Waals surface area contributed by atoms with Crippen LogP contribution in [0.4, 0.5) is 0 Å². The van der Waals surface area contributed by atoms with Gasteiger partial charge in [0.05, 0.1) is 12.6 Å². The number of furan rings is 1. The summed E-state index contributed by atoms with van der Waals surface area (Å²) >= 11 is 0. The Kier molecular flexibility index (Phi) is 6.19. The normalized spacial score (nSPS) is 11.2. The molecule has 2 heterocycles. The van der Waals surface area contributed by atoms with Crippen molar-refractivity contribution in [3.8, 4) is 0 Å². The number of aryl methyl sites for hydroxylation is 1. The lowest BCUT2D eigenvalue weighted by Crippen LogP contribution is -2.35. The fourth-order valence-corrected chi connectivity index (χ4v) is 2.44. The molecule has 0 atom stereocenters. The second kappa shape index (κ2) is 9.19. The van der Waals surface area contributed by atoms with Crippen LogP contribution in [0.1, 0.15) is 22.5 Å². The van der Waals surface area contributed by atoms with Gasteiger partial charge in [0.15, 0.2) is 0 Å². The van der Waals surface area contributed by atoms with Gasteiger partial charge in [-0.3, -0.25) is 9.59 Å². The first-order valence-electron chi connectivity index (χ1n) is 8.58. The van der Waals surface area contributed by atoms with E-state index < -0.39 is 0 Å². The Bertz CT molecular complexity index is 885. The van der Waals surface area contributed by atoms with Crippen molar-refractivity contribution in [3.05, 3.63) is 84.5 Å². The van der Waals surface area contributed by atoms with Gasteiger partial charge in [0.25, 0.3) is 11.8 Å². The van der Waals surface area contributed by atoms with Gasteiger partial charge in [-0.1, -0.05) is 18.2 Å². The second-order valence-corrected chi connectivity index (χ2v) is 5.80. The van der Waals surface area contributed by atoms with Crippen LogP contribution in [0.3, 0.4) is 0 Å². The number of hydrogen-bond acceptors (Lipinski definition) is 4. The van der Waals surface area contributed by atoms with Gasteiger partial charge < -0.3 is 19.6 Å². The third kappa shape index (κ3) is 5.43. The summed E-state index contributed by atoms with van der Waals surface area (Å²) in [6.07, 6.45) is 9.05. The maximum atomic E-state index is 12.5. The Balaban J connectivity index is 1.62. The summed E-state index contributed by atoms with van der Waals surface area (Å²) in [5.41, 5.74) is 0.595. The first kappa shape index (κ1) is 18.2. The molecule has 0 fully saturated rings. The van der Waals surface area contributed by atoms with Crippen LogP contribution in [0.2, 0.25) is 0 Å². The van der Waals surface area contributed by atoms with Crippen LogP contribution in [-0.2, 0) is 11.3 Å². The fourth-order valence-electron chi connectivity index (χ4n) is 2.44. The maximum Gasteiger partial charge on any atom is 0.267 e. The summed E-state index contributed by atoms with van der Waals surface area (Å²) in [5.74, 6) is -0.254. The molecule has 0 saturated heterocycles. The Hall–Kier alpha value is -3.61. The summed E-state index contributed by atoms with van der Waals surface area (Å²) in [7, 11) is 0. The van der Waals surface area contributed by atoms with Gasteiger partial charge in [0, 0.05) is 37.1 Å². The topological polar surface area (TPSA) is 89.2 Å². The highest BCUT2D eigenvalue weighted by atomic mass is 16.3. The van der Waals surface area contributed by atoms with E-state index in [9.17, 15) is 9.59 Å². The Morgan fingerprint density at radius 3 is 2.70 bits per heavy atom. The molecule has 0 bridgehead atoms. The predicted octanol–water partition coefficient (Wildman–Crippen LogP) is 2.45. The molecule has 0 radical (unpaired) electrons. The average molecular weight is 364 g/mol. The summed E-state index contributed by atoms with van der Waals surface area (Å²) in [4.78, 5) is 28.9. The Morgan fingerprint density at radius 2 is 2.00 bits per heavy atom. The van der Waals surface area contributed by atoms with Gasteiger partial charge in [-0.2, -0.15) is 0 Å². The molecule has 0 unspecified atom stereocenters. The molecular weight excluding hydrogens is 344 g/mol. The van der Waals surface area contributed by atoms with E-state index in [-0.39, 0.29) is 17.5 Å². The van der Waals surface area contributed by atoms with Crippen LogP contribution in [0.25, 0.3) is 6.08 Å². The number of aromatic nitrogens is 2. The zero-order valence-electron chi connectivity index (χ0n) is 14.7. The standard InChI is InChI=1S/C20H20N4O3/c25-19(16-6-2-1-3-7-16)23-18(14-17-8-4-13-27-17)20(26)22-9-5-11-24-12-10-21-15-24/h1-4,6-8,10,12-15H,5,9,11H2,(H,22,26)(H,23,25)/b18-14+. The zero-order chi connectivity index (χ0) is 18.9. The van der Waals surface area contributed by atoms with Crippen molar-refractivity contribution in [2.75, 3.05) is 6.54 Å². The van der Waals surface area contributed by atoms with Gasteiger partial charge in [0.2, 0.25) is 0 Å². The second-order valence-electron chi connectivity index (χ2n) is 5.80. The number of nitrogens with zero attached hydrogens (tertiary/aromatic N) is 2. The smallest absolute Gasteiger partial charge is 0.267 e. The van der Waals surface area contributed by atoms with Crippen molar-refractivity contribution in [1.29, 1.82) is 0 Å². The molecule has 0 aliphatic carbocycles. The lowest BCUT2D eigenvalue weighted by Gasteiger charge is -2.11. The number of imidazole rings is 1. The Morgan fingerprint density at radius 1 is 1.15 bits per heavy atom. The number of nitrogens with one attached hydrogen (secondary N) is 2. The van der Waals surface area contributed by atoms with Crippen LogP contribution < -0.4 is 10.6 Å². The lowest BCUT2D eigenvalue weighted by atomic mass is 10.2. The number of benzene rings is 1. The minimum Gasteiger partial charge on any atom is -0.465 e. The molecule has 138 valence electrons. The fraction of sp³-hybridized carbons (Fsp3) is 0.150. The molecule has 27 heavy (non-hydrogen) atoms. The summed E-state index contributed by atoms with van der Waals surface area (Å²) in [6.45, 7) is 1.21. The van der Waals surface area contributed by atoms with E-state index >= 15 is 0 Å². The first-order valence-corrected chi connectivity index (χ1v) is 8.58. The van der Waals surface area contributed by atoms with Gasteiger partial charge in [-0.05, 0) is 30.7 Å². The van der Waals surface area contributed by atoms with Crippen molar-refractivity contribution in [1.82, 2.24) is 20.2 Å². The minimum absolute atomic E-state index is 0.126. The van der Waals surface area contributed by atoms with Crippen LogP contribution in [0.5, 0.6) is 0 Å². The van der Waals surface area contributed by atoms with E-state index in [4.69, 9.17) is 4.42 Å². The molecule has 2 N–H and O–H groups in total. The van der Waals surface area contributed by atoms with E-state index in [0.29, 0.717) is 17.9 Å². The van der Waals surface area contributed by atoms with E-state index in [1.54, 1.807) is 48.9 Å². The number of amides is 2. The van der Waals surface area contributed by atoms with Gasteiger partial charge >= 0.3 is 0 Å². The van der Waals surface area contributed by atoms with E-state index in [1.165, 1.54) is 12.3 Å². The molecule has 7 heteroatoms. The molecule has 7 nitrogen and oxygen atoms in total. The van der Waals surface area contributed by atoms with Crippen LogP contribution in [-0.4, -0.2) is 27.9 Å². The molecule has 0 aliphatic rings. The highest BCUT2D eigenvalue weighted by Crippen LogP contribution is 2.08.